The molecule has 1 aliphatic rings. The minimum absolute atomic E-state index is 0.227. The molecule has 1 unspecified atom stereocenters. The van der Waals surface area contributed by atoms with E-state index in [1.54, 1.807) is 10.9 Å². The zero-order valence-electron chi connectivity index (χ0n) is 13.9. The van der Waals surface area contributed by atoms with E-state index in [9.17, 15) is 0 Å². The van der Waals surface area contributed by atoms with Crippen molar-refractivity contribution in [3.8, 4) is 11.3 Å². The first kappa shape index (κ1) is 15.2. The maximum atomic E-state index is 5.69. The summed E-state index contributed by atoms with van der Waals surface area (Å²) in [7, 11) is 3.96. The van der Waals surface area contributed by atoms with Crippen LogP contribution in [0.3, 0.4) is 0 Å². The van der Waals surface area contributed by atoms with E-state index in [1.807, 2.05) is 19.3 Å². The normalized spacial score (nSPS) is 19.0. The van der Waals surface area contributed by atoms with Crippen molar-refractivity contribution in [3.05, 3.63) is 48.2 Å². The van der Waals surface area contributed by atoms with Crippen LogP contribution in [-0.2, 0) is 25.4 Å². The Morgan fingerprint density at radius 1 is 1.33 bits per heavy atom. The molecule has 0 saturated carbocycles. The molecule has 24 heavy (non-hydrogen) atoms. The van der Waals surface area contributed by atoms with Gasteiger partial charge in [-0.15, -0.1) is 0 Å². The first-order valence-electron chi connectivity index (χ1n) is 8.08. The molecule has 3 aromatic rings. The summed E-state index contributed by atoms with van der Waals surface area (Å²) in [6.07, 6.45) is 5.79. The van der Waals surface area contributed by atoms with Gasteiger partial charge in [-0.2, -0.15) is 5.10 Å². The number of ether oxygens (including phenoxy) is 1. The Kier molecular flexibility index (Phi) is 3.95. The summed E-state index contributed by atoms with van der Waals surface area (Å²) in [4.78, 5) is 2.38. The molecule has 0 spiro atoms. The Morgan fingerprint density at radius 2 is 2.25 bits per heavy atom. The molecular weight excluding hydrogens is 306 g/mol. The number of hydrogen-bond acceptors (Lipinski definition) is 5. The molecular formula is C17H21N5O2. The van der Waals surface area contributed by atoms with Crippen molar-refractivity contribution >= 4 is 0 Å². The Hall–Kier alpha value is -2.38. The minimum Gasteiger partial charge on any atom is -0.378 e. The Labute approximate surface area is 140 Å². The van der Waals surface area contributed by atoms with E-state index in [0.29, 0.717) is 13.2 Å². The van der Waals surface area contributed by atoms with E-state index in [1.165, 1.54) is 5.69 Å². The predicted molar refractivity (Wildman–Crippen MR) is 88.1 cm³/mol. The zero-order chi connectivity index (χ0) is 16.5. The highest BCUT2D eigenvalue weighted by atomic mass is 16.5. The van der Waals surface area contributed by atoms with Crippen molar-refractivity contribution in [1.82, 2.24) is 24.4 Å². The predicted octanol–water partition coefficient (Wildman–Crippen LogP) is 1.99. The largest absolute Gasteiger partial charge is 0.378 e. The fourth-order valence-corrected chi connectivity index (χ4v) is 3.20. The van der Waals surface area contributed by atoms with Crippen LogP contribution in [0.15, 0.2) is 41.3 Å². The van der Waals surface area contributed by atoms with Crippen LogP contribution in [0, 0.1) is 0 Å². The van der Waals surface area contributed by atoms with Gasteiger partial charge in [-0.3, -0.25) is 9.58 Å². The quantitative estimate of drug-likeness (QED) is 0.733. The first-order valence-corrected chi connectivity index (χ1v) is 8.08. The summed E-state index contributed by atoms with van der Waals surface area (Å²) in [6, 6.07) is 6.44. The van der Waals surface area contributed by atoms with Crippen molar-refractivity contribution in [2.45, 2.75) is 12.6 Å². The molecule has 3 aromatic heterocycles. The van der Waals surface area contributed by atoms with Gasteiger partial charge in [-0.1, -0.05) is 5.16 Å². The Bertz CT molecular complexity index is 818. The smallest absolute Gasteiger partial charge is 0.151 e. The topological polar surface area (TPSA) is 61.2 Å². The summed E-state index contributed by atoms with van der Waals surface area (Å²) in [6.45, 7) is 3.03. The highest BCUT2D eigenvalue weighted by molar-refractivity contribution is 5.56. The highest BCUT2D eigenvalue weighted by Gasteiger charge is 2.27. The van der Waals surface area contributed by atoms with Crippen molar-refractivity contribution in [2.75, 3.05) is 19.8 Å². The molecule has 0 aliphatic carbocycles. The SMILES string of the molecule is Cn1cc(-c2cc(CN3CCOCC3c3cccn3C)on2)cn1. The molecule has 7 nitrogen and oxygen atoms in total. The van der Waals surface area contributed by atoms with Crippen LogP contribution in [0.25, 0.3) is 11.3 Å². The van der Waals surface area contributed by atoms with Crippen LogP contribution in [0.4, 0.5) is 0 Å². The van der Waals surface area contributed by atoms with Gasteiger partial charge in [0.25, 0.3) is 0 Å². The third kappa shape index (κ3) is 2.88. The molecule has 1 aliphatic heterocycles. The van der Waals surface area contributed by atoms with Gasteiger partial charge in [0.05, 0.1) is 32.0 Å². The van der Waals surface area contributed by atoms with Gasteiger partial charge in [0.2, 0.25) is 0 Å². The molecule has 1 saturated heterocycles. The van der Waals surface area contributed by atoms with Gasteiger partial charge in [-0.25, -0.2) is 0 Å². The second-order valence-electron chi connectivity index (χ2n) is 6.19. The number of aromatic nitrogens is 4. The molecule has 1 atom stereocenters. The van der Waals surface area contributed by atoms with E-state index in [2.05, 4.69) is 45.1 Å². The maximum absolute atomic E-state index is 5.69. The molecule has 1 fully saturated rings. The molecule has 0 amide bonds. The Morgan fingerprint density at radius 3 is 3.00 bits per heavy atom. The summed E-state index contributed by atoms with van der Waals surface area (Å²) in [5.74, 6) is 0.856. The van der Waals surface area contributed by atoms with Crippen LogP contribution in [0.1, 0.15) is 17.5 Å². The monoisotopic (exact) mass is 327 g/mol. The fourth-order valence-electron chi connectivity index (χ4n) is 3.20. The van der Waals surface area contributed by atoms with E-state index in [0.717, 1.165) is 30.2 Å². The number of hydrogen-bond donors (Lipinski definition) is 0. The zero-order valence-corrected chi connectivity index (χ0v) is 13.9. The average molecular weight is 327 g/mol. The van der Waals surface area contributed by atoms with Crippen molar-refractivity contribution in [3.63, 3.8) is 0 Å². The standard InChI is InChI=1S/C17H21N5O2/c1-20-5-3-4-16(20)17-12-23-7-6-22(17)11-14-8-15(19-24-14)13-9-18-21(2)10-13/h3-5,8-10,17H,6-7,11-12H2,1-2H3. The van der Waals surface area contributed by atoms with Gasteiger partial charge < -0.3 is 13.8 Å². The number of rotatable bonds is 4. The average Bonchev–Trinajstić information content (AvgIpc) is 3.30. The minimum atomic E-state index is 0.227. The molecule has 0 radical (unpaired) electrons. The lowest BCUT2D eigenvalue weighted by Gasteiger charge is -2.35. The van der Waals surface area contributed by atoms with Gasteiger partial charge >= 0.3 is 0 Å². The van der Waals surface area contributed by atoms with E-state index >= 15 is 0 Å². The second kappa shape index (κ2) is 6.26. The first-order chi connectivity index (χ1) is 11.7. The van der Waals surface area contributed by atoms with Gasteiger partial charge in [0.15, 0.2) is 5.76 Å². The molecule has 4 heterocycles. The lowest BCUT2D eigenvalue weighted by molar-refractivity contribution is -0.0185. The van der Waals surface area contributed by atoms with Crippen molar-refractivity contribution in [2.24, 2.45) is 14.1 Å². The van der Waals surface area contributed by atoms with Crippen LogP contribution < -0.4 is 0 Å². The molecule has 126 valence electrons. The molecule has 0 aromatic carbocycles. The lowest BCUT2D eigenvalue weighted by Crippen LogP contribution is -2.39. The third-order valence-corrected chi connectivity index (χ3v) is 4.48. The highest BCUT2D eigenvalue weighted by Crippen LogP contribution is 2.27. The molecule has 7 heteroatoms. The summed E-state index contributed by atoms with van der Waals surface area (Å²) in [5.41, 5.74) is 3.04. The summed E-state index contributed by atoms with van der Waals surface area (Å²) in [5, 5.41) is 8.36. The van der Waals surface area contributed by atoms with Crippen LogP contribution in [-0.4, -0.2) is 44.2 Å². The van der Waals surface area contributed by atoms with E-state index in [4.69, 9.17) is 9.26 Å². The maximum Gasteiger partial charge on any atom is 0.151 e. The van der Waals surface area contributed by atoms with Crippen molar-refractivity contribution in [1.29, 1.82) is 0 Å². The number of aryl methyl sites for hydroxylation is 2. The van der Waals surface area contributed by atoms with E-state index < -0.39 is 0 Å². The summed E-state index contributed by atoms with van der Waals surface area (Å²) >= 11 is 0. The van der Waals surface area contributed by atoms with E-state index in [-0.39, 0.29) is 6.04 Å². The van der Waals surface area contributed by atoms with Crippen LogP contribution in [0.5, 0.6) is 0 Å². The molecule has 0 bridgehead atoms. The molecule has 0 N–H and O–H groups in total. The Balaban J connectivity index is 1.53. The van der Waals surface area contributed by atoms with Gasteiger partial charge in [0, 0.05) is 50.4 Å². The lowest BCUT2D eigenvalue weighted by atomic mass is 10.1. The van der Waals surface area contributed by atoms with Crippen LogP contribution >= 0.6 is 0 Å². The van der Waals surface area contributed by atoms with Crippen molar-refractivity contribution < 1.29 is 9.26 Å². The molecule has 4 rings (SSSR count). The van der Waals surface area contributed by atoms with Gasteiger partial charge in [-0.05, 0) is 12.1 Å². The number of morpholine rings is 1. The van der Waals surface area contributed by atoms with Crippen LogP contribution in [0.2, 0.25) is 0 Å². The number of nitrogens with zero attached hydrogens (tertiary/aromatic N) is 5. The summed E-state index contributed by atoms with van der Waals surface area (Å²) < 4.78 is 15.2. The second-order valence-corrected chi connectivity index (χ2v) is 6.19. The fraction of sp³-hybridized carbons (Fsp3) is 0.412. The van der Waals surface area contributed by atoms with Gasteiger partial charge in [0.1, 0.15) is 5.69 Å². The third-order valence-electron chi connectivity index (χ3n) is 4.48.